The lowest BCUT2D eigenvalue weighted by molar-refractivity contribution is 0.0366. The third-order valence-electron chi connectivity index (χ3n) is 3.73. The molecule has 0 bridgehead atoms. The minimum atomic E-state index is 0.492. The van der Waals surface area contributed by atoms with Gasteiger partial charge in [-0.25, -0.2) is 0 Å². The zero-order chi connectivity index (χ0) is 19.2. The second kappa shape index (κ2) is 13.1. The molecule has 1 aromatic rings. The smallest absolute Gasteiger partial charge is 0.120 e. The van der Waals surface area contributed by atoms with Gasteiger partial charge >= 0.3 is 0 Å². The predicted octanol–water partition coefficient (Wildman–Crippen LogP) is 4.21. The highest BCUT2D eigenvalue weighted by atomic mass is 16.5. The van der Waals surface area contributed by atoms with Crippen LogP contribution in [0, 0.1) is 0 Å². The zero-order valence-electron chi connectivity index (χ0n) is 16.5. The summed E-state index contributed by atoms with van der Waals surface area (Å²) in [6, 6.07) is 5.92. The Hall–Kier alpha value is -2.11. The Morgan fingerprint density at radius 3 is 2.46 bits per heavy atom. The van der Waals surface area contributed by atoms with E-state index in [-0.39, 0.29) is 0 Å². The lowest BCUT2D eigenvalue weighted by atomic mass is 9.98. The van der Waals surface area contributed by atoms with Crippen LogP contribution in [0.4, 0.5) is 5.69 Å². The molecule has 0 saturated carbocycles. The summed E-state index contributed by atoms with van der Waals surface area (Å²) < 4.78 is 16.7. The van der Waals surface area contributed by atoms with E-state index in [1.165, 1.54) is 0 Å². The van der Waals surface area contributed by atoms with Crippen LogP contribution < -0.4 is 10.1 Å². The Morgan fingerprint density at radius 1 is 1.15 bits per heavy atom. The van der Waals surface area contributed by atoms with Crippen molar-refractivity contribution in [2.24, 2.45) is 4.99 Å². The van der Waals surface area contributed by atoms with Crippen molar-refractivity contribution in [3.05, 3.63) is 42.0 Å². The van der Waals surface area contributed by atoms with Crippen LogP contribution in [0.2, 0.25) is 0 Å². The summed E-state index contributed by atoms with van der Waals surface area (Å²) in [7, 11) is 3.65. The van der Waals surface area contributed by atoms with Gasteiger partial charge in [-0.15, -0.1) is 0 Å². The lowest BCUT2D eigenvalue weighted by Gasteiger charge is -2.15. The number of aliphatic imine (C=N–C) groups is 1. The molecule has 0 spiro atoms. The van der Waals surface area contributed by atoms with E-state index in [0.29, 0.717) is 26.4 Å². The van der Waals surface area contributed by atoms with Gasteiger partial charge in [0.25, 0.3) is 0 Å². The summed E-state index contributed by atoms with van der Waals surface area (Å²) >= 11 is 0. The highest BCUT2D eigenvalue weighted by Gasteiger charge is 2.10. The number of benzene rings is 1. The fourth-order valence-electron chi connectivity index (χ4n) is 2.39. The maximum Gasteiger partial charge on any atom is 0.120 e. The fraction of sp³-hybridized carbons (Fsp3) is 0.476. The van der Waals surface area contributed by atoms with Gasteiger partial charge in [0.2, 0.25) is 0 Å². The van der Waals surface area contributed by atoms with Crippen molar-refractivity contribution in [1.82, 2.24) is 0 Å². The molecule has 144 valence electrons. The van der Waals surface area contributed by atoms with Gasteiger partial charge in [-0.05, 0) is 42.7 Å². The van der Waals surface area contributed by atoms with Crippen molar-refractivity contribution < 1.29 is 14.2 Å². The van der Waals surface area contributed by atoms with Gasteiger partial charge in [0.15, 0.2) is 0 Å². The minimum Gasteiger partial charge on any atom is -0.491 e. The van der Waals surface area contributed by atoms with Crippen LogP contribution in [-0.4, -0.2) is 53.3 Å². The van der Waals surface area contributed by atoms with Gasteiger partial charge in [0, 0.05) is 38.2 Å². The van der Waals surface area contributed by atoms with E-state index in [0.717, 1.165) is 41.2 Å². The fourth-order valence-corrected chi connectivity index (χ4v) is 2.39. The molecule has 26 heavy (non-hydrogen) atoms. The Labute approximate surface area is 157 Å². The second-order valence-corrected chi connectivity index (χ2v) is 5.64. The van der Waals surface area contributed by atoms with E-state index < -0.39 is 0 Å². The average molecular weight is 360 g/mol. The van der Waals surface area contributed by atoms with E-state index in [1.54, 1.807) is 7.05 Å². The van der Waals surface area contributed by atoms with E-state index in [9.17, 15) is 0 Å². The molecular formula is C21H32N2O3. The molecular weight excluding hydrogens is 328 g/mol. The molecule has 0 aliphatic heterocycles. The molecule has 0 fully saturated rings. The standard InChI is InChI=1S/C21H32N2O3/c1-6-10-24-11-12-25-13-14-26-19-8-9-21(23-5)20(15-19)17(3)18(7-2)16-22-4/h7-9,15-16,23H,3,6,10-14H2,1-2,4-5H3/b18-7+,22-16?. The van der Waals surface area contributed by atoms with Crippen molar-refractivity contribution in [1.29, 1.82) is 0 Å². The molecule has 5 nitrogen and oxygen atoms in total. The summed E-state index contributed by atoms with van der Waals surface area (Å²) in [6.07, 6.45) is 4.83. The number of anilines is 1. The van der Waals surface area contributed by atoms with E-state index in [2.05, 4.69) is 23.8 Å². The molecule has 5 heteroatoms. The number of rotatable bonds is 13. The summed E-state index contributed by atoms with van der Waals surface area (Å²) in [4.78, 5) is 4.10. The van der Waals surface area contributed by atoms with Crippen LogP contribution in [0.5, 0.6) is 5.75 Å². The summed E-state index contributed by atoms with van der Waals surface area (Å²) in [5, 5.41) is 3.20. The molecule has 0 atom stereocenters. The van der Waals surface area contributed by atoms with Crippen LogP contribution in [0.25, 0.3) is 5.57 Å². The Kier molecular flexibility index (Phi) is 11.1. The number of hydrogen-bond donors (Lipinski definition) is 1. The van der Waals surface area contributed by atoms with Gasteiger partial charge in [0.1, 0.15) is 12.4 Å². The number of ether oxygens (including phenoxy) is 3. The molecule has 0 aliphatic rings. The lowest BCUT2D eigenvalue weighted by Crippen LogP contribution is -2.11. The average Bonchev–Trinajstić information content (AvgIpc) is 2.67. The second-order valence-electron chi connectivity index (χ2n) is 5.64. The van der Waals surface area contributed by atoms with Crippen molar-refractivity contribution in [2.75, 3.05) is 52.4 Å². The minimum absolute atomic E-state index is 0.492. The number of hydrogen-bond acceptors (Lipinski definition) is 5. The summed E-state index contributed by atoms with van der Waals surface area (Å²) in [5.41, 5.74) is 3.87. The quantitative estimate of drug-likeness (QED) is 0.325. The van der Waals surface area contributed by atoms with Gasteiger partial charge in [-0.1, -0.05) is 19.6 Å². The first-order valence-electron chi connectivity index (χ1n) is 9.06. The molecule has 0 saturated heterocycles. The highest BCUT2D eigenvalue weighted by molar-refractivity contribution is 6.02. The molecule has 1 aromatic carbocycles. The number of nitrogens with zero attached hydrogens (tertiary/aromatic N) is 1. The molecule has 1 rings (SSSR count). The Bertz CT molecular complexity index is 609. The van der Waals surface area contributed by atoms with Crippen molar-refractivity contribution in [3.63, 3.8) is 0 Å². The van der Waals surface area contributed by atoms with Crippen LogP contribution in [-0.2, 0) is 9.47 Å². The molecule has 0 aliphatic carbocycles. The topological polar surface area (TPSA) is 52.1 Å². The van der Waals surface area contributed by atoms with E-state index >= 15 is 0 Å². The first-order valence-corrected chi connectivity index (χ1v) is 9.06. The molecule has 0 radical (unpaired) electrons. The maximum atomic E-state index is 5.81. The largest absolute Gasteiger partial charge is 0.491 e. The summed E-state index contributed by atoms with van der Waals surface area (Å²) in [5.74, 6) is 0.787. The predicted molar refractivity (Wildman–Crippen MR) is 111 cm³/mol. The third-order valence-corrected chi connectivity index (χ3v) is 3.73. The Balaban J connectivity index is 2.62. The molecule has 0 unspecified atom stereocenters. The number of allylic oxidation sites excluding steroid dienone is 3. The van der Waals surface area contributed by atoms with Crippen LogP contribution in [0.15, 0.2) is 41.4 Å². The third kappa shape index (κ3) is 7.42. The SMILES string of the molecule is C=C(/C(C=NC)=C/C)c1cc(OCCOCCOCCC)ccc1NC. The van der Waals surface area contributed by atoms with Gasteiger partial charge in [-0.3, -0.25) is 4.99 Å². The zero-order valence-corrected chi connectivity index (χ0v) is 16.5. The first-order chi connectivity index (χ1) is 12.7. The monoisotopic (exact) mass is 360 g/mol. The van der Waals surface area contributed by atoms with Gasteiger partial charge in [0.05, 0.1) is 19.8 Å². The molecule has 0 heterocycles. The van der Waals surface area contributed by atoms with Crippen LogP contribution >= 0.6 is 0 Å². The molecule has 0 amide bonds. The van der Waals surface area contributed by atoms with Gasteiger partial charge in [-0.2, -0.15) is 0 Å². The molecule has 1 N–H and O–H groups in total. The van der Waals surface area contributed by atoms with Crippen LogP contribution in [0.1, 0.15) is 25.8 Å². The Morgan fingerprint density at radius 2 is 1.85 bits per heavy atom. The van der Waals surface area contributed by atoms with Crippen molar-refractivity contribution >= 4 is 17.5 Å². The van der Waals surface area contributed by atoms with E-state index in [1.807, 2.05) is 44.5 Å². The maximum absolute atomic E-state index is 5.81. The van der Waals surface area contributed by atoms with E-state index in [4.69, 9.17) is 14.2 Å². The van der Waals surface area contributed by atoms with Crippen LogP contribution in [0.3, 0.4) is 0 Å². The normalized spacial score (nSPS) is 11.8. The molecule has 0 aromatic heterocycles. The van der Waals surface area contributed by atoms with Crippen molar-refractivity contribution in [3.8, 4) is 5.75 Å². The van der Waals surface area contributed by atoms with Gasteiger partial charge < -0.3 is 19.5 Å². The summed E-state index contributed by atoms with van der Waals surface area (Å²) in [6.45, 7) is 11.3. The first kappa shape index (κ1) is 21.9. The highest BCUT2D eigenvalue weighted by Crippen LogP contribution is 2.31. The van der Waals surface area contributed by atoms with Crippen molar-refractivity contribution in [2.45, 2.75) is 20.3 Å². The number of nitrogens with one attached hydrogen (secondary N) is 1.